The number of methoxy groups -OCH3 is 1. The van der Waals surface area contributed by atoms with Crippen LogP contribution in [0.3, 0.4) is 0 Å². The van der Waals surface area contributed by atoms with E-state index in [4.69, 9.17) is 14.2 Å². The number of amides is 8. The highest BCUT2D eigenvalue weighted by atomic mass is 16.5. The largest absolute Gasteiger partial charge is 0.467 e. The first-order valence-electron chi connectivity index (χ1n) is 34.1. The highest BCUT2D eigenvalue weighted by Crippen LogP contribution is 2.28. The molecule has 0 aliphatic rings. The predicted molar refractivity (Wildman–Crippen MR) is 366 cm³/mol. The molecule has 0 fully saturated rings. The quantitative estimate of drug-likeness (QED) is 0.0334. The van der Waals surface area contributed by atoms with Gasteiger partial charge < -0.3 is 64.7 Å². The van der Waals surface area contributed by atoms with Crippen molar-refractivity contribution in [2.24, 2.45) is 47.3 Å². The number of nitrogens with one attached hydrogen (secondary N) is 3. The van der Waals surface area contributed by atoms with Gasteiger partial charge in [0.2, 0.25) is 47.3 Å². The van der Waals surface area contributed by atoms with Gasteiger partial charge in [0.25, 0.3) is 0 Å². The molecule has 0 heterocycles. The van der Waals surface area contributed by atoms with Crippen molar-refractivity contribution < 1.29 is 76.9 Å². The SMILES string of the molecule is C/C=C/C[C@@H](C)[C@@H](O)[C@@H](C(=O)N[C@@H](CC)C(=O)OC)N(C)C(=O)[C@H](C(C)C)N(C)C(=O)[C@H](CC(C)C)N(C)C(=O)[C@H](CC(C)C)N(C)C(=O)[C@@H](C)NC(=O)[C@H](C)CC(=O)[C@@H](CC(C)C)N(C)C(=O)[C@@H](CC(=O)[C@H]([C@H](C)OCCCCOC(C)=O)N(C)C(=O)[C@@H](C)NC)C(C)C. The number of allylic oxidation sites excluding steroid dienone is 2. The zero-order chi connectivity index (χ0) is 73.8. The number of unbranched alkanes of at least 4 members (excludes halogenated alkanes) is 1. The lowest BCUT2D eigenvalue weighted by molar-refractivity contribution is -0.157. The maximum Gasteiger partial charge on any atom is 0.328 e. The Kier molecular flexibility index (Phi) is 40.2. The molecule has 0 aromatic heterocycles. The molecule has 0 aromatic carbocycles. The third kappa shape index (κ3) is 27.6. The maximum atomic E-state index is 15.1. The Balaban J connectivity index is 6.95. The van der Waals surface area contributed by atoms with Gasteiger partial charge in [0, 0.05) is 80.5 Å². The van der Waals surface area contributed by atoms with E-state index < -0.39 is 161 Å². The van der Waals surface area contributed by atoms with Gasteiger partial charge in [-0.2, -0.15) is 0 Å². The number of ketones is 2. The van der Waals surface area contributed by atoms with Gasteiger partial charge in [-0.1, -0.05) is 102 Å². The van der Waals surface area contributed by atoms with Crippen LogP contribution in [0, 0.1) is 47.3 Å². The number of ether oxygens (including phenoxy) is 3. The molecule has 25 heteroatoms. The monoisotopic (exact) mass is 1350 g/mol. The Morgan fingerprint density at radius 1 is 0.516 bits per heavy atom. The number of nitrogens with zero attached hydrogens (tertiary/aromatic N) is 6. The van der Waals surface area contributed by atoms with Gasteiger partial charge in [-0.25, -0.2) is 4.79 Å². The summed E-state index contributed by atoms with van der Waals surface area (Å²) in [7, 11) is 11.5. The number of Topliss-reactive ketones (excluding diaryl/α,β-unsaturated/α-hetero) is 2. The normalized spacial score (nSPS) is 16.2. The van der Waals surface area contributed by atoms with Gasteiger partial charge in [-0.05, 0) is 115 Å². The molecule has 0 saturated heterocycles. The van der Waals surface area contributed by atoms with Crippen LogP contribution in [0.15, 0.2) is 12.2 Å². The van der Waals surface area contributed by atoms with E-state index in [9.17, 15) is 53.1 Å². The van der Waals surface area contributed by atoms with Crippen molar-refractivity contribution in [1.29, 1.82) is 0 Å². The summed E-state index contributed by atoms with van der Waals surface area (Å²) in [6, 6.07) is -10.0. The molecular weight excluding hydrogens is 1220 g/mol. The van der Waals surface area contributed by atoms with Crippen LogP contribution in [0.25, 0.3) is 0 Å². The highest BCUT2D eigenvalue weighted by Gasteiger charge is 2.46. The van der Waals surface area contributed by atoms with Crippen molar-refractivity contribution in [3.8, 4) is 0 Å². The molecule has 95 heavy (non-hydrogen) atoms. The van der Waals surface area contributed by atoms with Gasteiger partial charge in [0.1, 0.15) is 42.3 Å². The minimum Gasteiger partial charge on any atom is -0.467 e. The fourth-order valence-electron chi connectivity index (χ4n) is 11.7. The summed E-state index contributed by atoms with van der Waals surface area (Å²) in [5, 5.41) is 20.1. The van der Waals surface area contributed by atoms with E-state index in [1.54, 1.807) is 68.5 Å². The minimum atomic E-state index is -1.51. The van der Waals surface area contributed by atoms with E-state index in [1.165, 1.54) is 94.7 Å². The van der Waals surface area contributed by atoms with Crippen LogP contribution < -0.4 is 16.0 Å². The number of carbonyl (C=O) groups excluding carboxylic acids is 12. The second-order valence-corrected chi connectivity index (χ2v) is 27.9. The van der Waals surface area contributed by atoms with Crippen LogP contribution >= 0.6 is 0 Å². The third-order valence-corrected chi connectivity index (χ3v) is 17.8. The minimum absolute atomic E-state index is 0.0902. The molecule has 0 spiro atoms. The number of likely N-dealkylation sites (N-methyl/N-ethyl adjacent to an activating group) is 7. The summed E-state index contributed by atoms with van der Waals surface area (Å²) >= 11 is 0. The van der Waals surface area contributed by atoms with Gasteiger partial charge in [-0.3, -0.25) is 52.7 Å². The number of carbonyl (C=O) groups is 12. The van der Waals surface area contributed by atoms with Gasteiger partial charge in [0.15, 0.2) is 11.6 Å². The second kappa shape index (κ2) is 43.1. The number of esters is 2. The average Bonchev–Trinajstić information content (AvgIpc) is 0.835. The molecule has 0 rings (SSSR count). The fourth-order valence-corrected chi connectivity index (χ4v) is 11.7. The molecule has 8 amide bonds. The Labute approximate surface area is 569 Å². The number of aliphatic hydroxyl groups excluding tert-OH is 1. The summed E-state index contributed by atoms with van der Waals surface area (Å²) < 4.78 is 16.0. The molecule has 25 nitrogen and oxygen atoms in total. The van der Waals surface area contributed by atoms with E-state index in [0.29, 0.717) is 19.3 Å². The first-order chi connectivity index (χ1) is 44.0. The summed E-state index contributed by atoms with van der Waals surface area (Å²) in [6.45, 7) is 31.6. The first kappa shape index (κ1) is 88.7. The maximum absolute atomic E-state index is 15.1. The smallest absolute Gasteiger partial charge is 0.328 e. The van der Waals surface area contributed by atoms with Crippen LogP contribution in [0.1, 0.15) is 182 Å². The molecule has 0 aliphatic carbocycles. The van der Waals surface area contributed by atoms with Crippen molar-refractivity contribution in [3.05, 3.63) is 12.2 Å². The molecule has 0 bridgehead atoms. The second-order valence-electron chi connectivity index (χ2n) is 27.9. The lowest BCUT2D eigenvalue weighted by atomic mass is 9.85. The van der Waals surface area contributed by atoms with E-state index in [2.05, 4.69) is 16.0 Å². The van der Waals surface area contributed by atoms with Crippen LogP contribution in [0.5, 0.6) is 0 Å². The van der Waals surface area contributed by atoms with Gasteiger partial charge >= 0.3 is 11.9 Å². The number of aliphatic hydroxyl groups is 1. The third-order valence-electron chi connectivity index (χ3n) is 17.8. The molecule has 0 saturated carbocycles. The zero-order valence-corrected chi connectivity index (χ0v) is 62.7. The van der Waals surface area contributed by atoms with Crippen molar-refractivity contribution in [2.45, 2.75) is 249 Å². The lowest BCUT2D eigenvalue weighted by Gasteiger charge is -2.41. The van der Waals surface area contributed by atoms with Crippen molar-refractivity contribution in [1.82, 2.24) is 45.3 Å². The standard InChI is InChI=1S/C70H125N9O16/c1-27-29-32-45(13)61(83)60(63(85)73-52(28-2)70(92)93-26)79(25)69(91)58(44(11)12)77(23)68(90)55(37-42(7)8)76(22)67(89)54(36-41(5)6)75(21)65(87)48(16)72-62(84)46(14)38-56(81)53(35-40(3)4)74(20)66(88)51(43(9)10)39-57(82)59(78(24)64(86)47(15)71-19)49(17)94-33-30-31-34-95-50(18)80/h27,29,40-49,51-55,58-61,71,83H,28,30-39H2,1-26H3,(H,72,84)(H,73,85)/b29-27+/t45-,46-,47-,48-,49+,51+,52+,53-,54+,55+,58+,59+,60+,61-/m1/s1. The molecule has 4 N–H and O–H groups in total. The Bertz CT molecular complexity index is 2540. The molecule has 14 atom stereocenters. The zero-order valence-electron chi connectivity index (χ0n) is 62.7. The summed E-state index contributed by atoms with van der Waals surface area (Å²) in [5.41, 5.74) is 0. The summed E-state index contributed by atoms with van der Waals surface area (Å²) in [5.74, 6) is -10.5. The van der Waals surface area contributed by atoms with E-state index in [-0.39, 0.29) is 75.4 Å². The van der Waals surface area contributed by atoms with E-state index in [0.717, 1.165) is 4.90 Å². The van der Waals surface area contributed by atoms with Crippen molar-refractivity contribution in [2.75, 3.05) is 69.7 Å². The Morgan fingerprint density at radius 2 is 0.979 bits per heavy atom. The molecule has 0 aliphatic heterocycles. The Hall–Kier alpha value is -6.34. The molecule has 546 valence electrons. The molecule has 0 aromatic rings. The van der Waals surface area contributed by atoms with Gasteiger partial charge in [-0.15, -0.1) is 0 Å². The fraction of sp³-hybridized carbons (Fsp3) is 0.800. The summed E-state index contributed by atoms with van der Waals surface area (Å²) in [6.07, 6.45) is 2.90. The van der Waals surface area contributed by atoms with Crippen LogP contribution in [-0.2, 0) is 71.7 Å². The average molecular weight is 1350 g/mol. The molecule has 0 radical (unpaired) electrons. The number of hydrogen-bond donors (Lipinski definition) is 4. The van der Waals surface area contributed by atoms with Crippen molar-refractivity contribution >= 4 is 70.8 Å². The lowest BCUT2D eigenvalue weighted by Crippen LogP contribution is -2.63. The van der Waals surface area contributed by atoms with E-state index in [1.807, 2.05) is 54.5 Å². The van der Waals surface area contributed by atoms with Crippen LogP contribution in [0.4, 0.5) is 0 Å². The molecular formula is C70H125N9O16. The number of rotatable bonds is 44. The number of hydrogen-bond acceptors (Lipinski definition) is 17. The first-order valence-corrected chi connectivity index (χ1v) is 34.1. The van der Waals surface area contributed by atoms with Crippen molar-refractivity contribution in [3.63, 3.8) is 0 Å². The Morgan fingerprint density at radius 3 is 1.44 bits per heavy atom. The van der Waals surface area contributed by atoms with E-state index >= 15 is 9.59 Å². The molecule has 0 unspecified atom stereocenters. The van der Waals surface area contributed by atoms with Crippen LogP contribution in [0.2, 0.25) is 0 Å². The predicted octanol–water partition coefficient (Wildman–Crippen LogP) is 5.46. The van der Waals surface area contributed by atoms with Crippen LogP contribution in [-0.4, -0.2) is 242 Å². The topological polar surface area (TPSA) is 308 Å². The van der Waals surface area contributed by atoms with Gasteiger partial charge in [0.05, 0.1) is 38.0 Å². The summed E-state index contributed by atoms with van der Waals surface area (Å²) in [4.78, 5) is 176. The highest BCUT2D eigenvalue weighted by molar-refractivity contribution is 5.99.